The van der Waals surface area contributed by atoms with Crippen LogP contribution in [0.25, 0.3) is 0 Å². The number of rotatable bonds is 7. The first-order valence-electron chi connectivity index (χ1n) is 8.30. The molecule has 1 aliphatic heterocycles. The summed E-state index contributed by atoms with van der Waals surface area (Å²) >= 11 is 0. The minimum absolute atomic E-state index is 0.101. The number of carboxylic acid groups (broad SMARTS) is 1. The Bertz CT molecular complexity index is 532. The largest absolute Gasteiger partial charge is 0.494 e. The summed E-state index contributed by atoms with van der Waals surface area (Å²) in [5.74, 6) is -0.136. The van der Waals surface area contributed by atoms with Crippen molar-refractivity contribution in [3.05, 3.63) is 29.8 Å². The maximum atomic E-state index is 12.8. The van der Waals surface area contributed by atoms with Crippen LogP contribution in [0, 0.1) is 5.92 Å². The van der Waals surface area contributed by atoms with E-state index < -0.39 is 5.97 Å². The van der Waals surface area contributed by atoms with Gasteiger partial charge in [-0.3, -0.25) is 14.5 Å². The Morgan fingerprint density at radius 2 is 1.83 bits per heavy atom. The summed E-state index contributed by atoms with van der Waals surface area (Å²) in [5.41, 5.74) is 0.681. The molecule has 126 valence electrons. The second-order valence-corrected chi connectivity index (χ2v) is 5.89. The van der Waals surface area contributed by atoms with Crippen LogP contribution in [0.5, 0.6) is 5.75 Å². The van der Waals surface area contributed by atoms with Gasteiger partial charge in [-0.25, -0.2) is 0 Å². The quantitative estimate of drug-likeness (QED) is 0.783. The standard InChI is InChI=1S/C18H25NO4/c1-3-16(19-11-9-14(10-12-19)18(21)22)17(20)13-5-7-15(8-6-13)23-4-2/h5-8,14,16H,3-4,9-12H2,1-2H3,(H,21,22). The summed E-state index contributed by atoms with van der Waals surface area (Å²) in [6, 6.07) is 7.07. The fourth-order valence-corrected chi connectivity index (χ4v) is 3.14. The molecule has 0 amide bonds. The lowest BCUT2D eigenvalue weighted by Gasteiger charge is -2.35. The molecular weight excluding hydrogens is 294 g/mol. The lowest BCUT2D eigenvalue weighted by molar-refractivity contribution is -0.143. The number of carbonyl (C=O) groups excluding carboxylic acids is 1. The number of hydrogen-bond acceptors (Lipinski definition) is 4. The Hall–Kier alpha value is -1.88. The number of nitrogens with zero attached hydrogens (tertiary/aromatic N) is 1. The molecule has 1 saturated heterocycles. The molecule has 1 unspecified atom stereocenters. The van der Waals surface area contributed by atoms with E-state index in [1.54, 1.807) is 12.1 Å². The fraction of sp³-hybridized carbons (Fsp3) is 0.556. The topological polar surface area (TPSA) is 66.8 Å². The molecule has 1 atom stereocenters. The van der Waals surface area contributed by atoms with Gasteiger partial charge in [0.15, 0.2) is 5.78 Å². The molecule has 0 aromatic heterocycles. The van der Waals surface area contributed by atoms with E-state index in [2.05, 4.69) is 4.90 Å². The van der Waals surface area contributed by atoms with Gasteiger partial charge in [0.25, 0.3) is 0 Å². The van der Waals surface area contributed by atoms with Gasteiger partial charge in [-0.05, 0) is 63.5 Å². The molecular formula is C18H25NO4. The van der Waals surface area contributed by atoms with E-state index in [4.69, 9.17) is 9.84 Å². The molecule has 1 aromatic rings. The van der Waals surface area contributed by atoms with Crippen molar-refractivity contribution >= 4 is 11.8 Å². The van der Waals surface area contributed by atoms with E-state index in [0.29, 0.717) is 38.1 Å². The Labute approximate surface area is 137 Å². The molecule has 0 radical (unpaired) electrons. The van der Waals surface area contributed by atoms with Crippen molar-refractivity contribution in [3.63, 3.8) is 0 Å². The van der Waals surface area contributed by atoms with Gasteiger partial charge in [0, 0.05) is 5.56 Å². The number of hydrogen-bond donors (Lipinski definition) is 1. The second kappa shape index (κ2) is 8.11. The molecule has 1 fully saturated rings. The first-order valence-corrected chi connectivity index (χ1v) is 8.30. The average Bonchev–Trinajstić information content (AvgIpc) is 2.57. The van der Waals surface area contributed by atoms with Crippen LogP contribution in [0.2, 0.25) is 0 Å². The highest BCUT2D eigenvalue weighted by Crippen LogP contribution is 2.23. The fourth-order valence-electron chi connectivity index (χ4n) is 3.14. The molecule has 0 aliphatic carbocycles. The lowest BCUT2D eigenvalue weighted by Crippen LogP contribution is -2.46. The van der Waals surface area contributed by atoms with Crippen LogP contribution in [0.1, 0.15) is 43.5 Å². The average molecular weight is 319 g/mol. The number of piperidine rings is 1. The molecule has 0 saturated carbocycles. The SMILES string of the molecule is CCOc1ccc(C(=O)C(CC)N2CCC(C(=O)O)CC2)cc1. The third-order valence-electron chi connectivity index (χ3n) is 4.46. The van der Waals surface area contributed by atoms with Gasteiger partial charge in [0.1, 0.15) is 5.75 Å². The predicted octanol–water partition coefficient (Wildman–Crippen LogP) is 2.84. The van der Waals surface area contributed by atoms with Gasteiger partial charge >= 0.3 is 5.97 Å². The molecule has 23 heavy (non-hydrogen) atoms. The second-order valence-electron chi connectivity index (χ2n) is 5.89. The van der Waals surface area contributed by atoms with Crippen LogP contribution >= 0.6 is 0 Å². The van der Waals surface area contributed by atoms with Crippen LogP contribution < -0.4 is 4.74 Å². The minimum Gasteiger partial charge on any atom is -0.494 e. The van der Waals surface area contributed by atoms with Crippen molar-refractivity contribution in [1.29, 1.82) is 0 Å². The number of ketones is 1. The van der Waals surface area contributed by atoms with Gasteiger partial charge in [-0.15, -0.1) is 0 Å². The maximum Gasteiger partial charge on any atom is 0.306 e. The normalized spacial score (nSPS) is 17.7. The summed E-state index contributed by atoms with van der Waals surface area (Å²) in [6.45, 7) is 5.85. The Morgan fingerprint density at radius 3 is 2.30 bits per heavy atom. The molecule has 5 nitrogen and oxygen atoms in total. The van der Waals surface area contributed by atoms with Gasteiger partial charge < -0.3 is 9.84 Å². The summed E-state index contributed by atoms with van der Waals surface area (Å²) < 4.78 is 5.40. The zero-order valence-electron chi connectivity index (χ0n) is 13.8. The maximum absolute atomic E-state index is 12.8. The molecule has 5 heteroatoms. The Kier molecular flexibility index (Phi) is 6.16. The Morgan fingerprint density at radius 1 is 1.22 bits per heavy atom. The third kappa shape index (κ3) is 4.32. The van der Waals surface area contributed by atoms with Crippen molar-refractivity contribution in [3.8, 4) is 5.75 Å². The van der Waals surface area contributed by atoms with Gasteiger partial charge in [0.2, 0.25) is 0 Å². The number of likely N-dealkylation sites (tertiary alicyclic amines) is 1. The number of ether oxygens (including phenoxy) is 1. The first-order chi connectivity index (χ1) is 11.1. The molecule has 0 spiro atoms. The highest BCUT2D eigenvalue weighted by molar-refractivity contribution is 6.00. The van der Waals surface area contributed by atoms with Gasteiger partial charge in [-0.2, -0.15) is 0 Å². The molecule has 1 N–H and O–H groups in total. The molecule has 2 rings (SSSR count). The first kappa shape index (κ1) is 17.5. The molecule has 1 heterocycles. The van der Waals surface area contributed by atoms with Crippen LogP contribution in [0.3, 0.4) is 0 Å². The van der Waals surface area contributed by atoms with Crippen LogP contribution in [-0.2, 0) is 4.79 Å². The van der Waals surface area contributed by atoms with Crippen molar-refractivity contribution < 1.29 is 19.4 Å². The van der Waals surface area contributed by atoms with E-state index >= 15 is 0 Å². The third-order valence-corrected chi connectivity index (χ3v) is 4.46. The summed E-state index contributed by atoms with van der Waals surface area (Å²) in [5, 5.41) is 9.08. The molecule has 1 aromatic carbocycles. The summed E-state index contributed by atoms with van der Waals surface area (Å²) in [6.07, 6.45) is 1.95. The van der Waals surface area contributed by atoms with E-state index in [9.17, 15) is 9.59 Å². The number of carboxylic acids is 1. The number of carbonyl (C=O) groups is 2. The zero-order valence-corrected chi connectivity index (χ0v) is 13.8. The van der Waals surface area contributed by atoms with Crippen molar-refractivity contribution in [2.75, 3.05) is 19.7 Å². The van der Waals surface area contributed by atoms with Crippen LogP contribution in [-0.4, -0.2) is 47.5 Å². The highest BCUT2D eigenvalue weighted by atomic mass is 16.5. The van der Waals surface area contributed by atoms with Crippen LogP contribution in [0.4, 0.5) is 0 Å². The minimum atomic E-state index is -0.726. The molecule has 1 aliphatic rings. The lowest BCUT2D eigenvalue weighted by atomic mass is 9.93. The Balaban J connectivity index is 2.02. The van der Waals surface area contributed by atoms with Crippen molar-refractivity contribution in [2.24, 2.45) is 5.92 Å². The highest BCUT2D eigenvalue weighted by Gasteiger charge is 2.31. The van der Waals surface area contributed by atoms with E-state index in [1.165, 1.54) is 0 Å². The monoisotopic (exact) mass is 319 g/mol. The predicted molar refractivity (Wildman–Crippen MR) is 88.0 cm³/mol. The van der Waals surface area contributed by atoms with E-state index in [0.717, 1.165) is 12.2 Å². The smallest absolute Gasteiger partial charge is 0.306 e. The number of benzene rings is 1. The van der Waals surface area contributed by atoms with Crippen LogP contribution in [0.15, 0.2) is 24.3 Å². The van der Waals surface area contributed by atoms with Crippen molar-refractivity contribution in [2.45, 2.75) is 39.2 Å². The summed E-state index contributed by atoms with van der Waals surface area (Å²) in [7, 11) is 0. The van der Waals surface area contributed by atoms with Gasteiger partial charge in [-0.1, -0.05) is 6.92 Å². The van der Waals surface area contributed by atoms with Crippen molar-refractivity contribution in [1.82, 2.24) is 4.90 Å². The summed E-state index contributed by atoms with van der Waals surface area (Å²) in [4.78, 5) is 25.9. The number of Topliss-reactive ketones (excluding diaryl/α,β-unsaturated/α-hetero) is 1. The van der Waals surface area contributed by atoms with E-state index in [1.807, 2.05) is 26.0 Å². The zero-order chi connectivity index (χ0) is 16.8. The molecule has 0 bridgehead atoms. The van der Waals surface area contributed by atoms with Gasteiger partial charge in [0.05, 0.1) is 18.6 Å². The van der Waals surface area contributed by atoms with E-state index in [-0.39, 0.29) is 17.7 Å². The number of aliphatic carboxylic acids is 1.